The van der Waals surface area contributed by atoms with Gasteiger partial charge in [0.1, 0.15) is 57.8 Å². The number of carbonyl (C=O) groups is 3. The van der Waals surface area contributed by atoms with Crippen molar-refractivity contribution >= 4 is 36.7 Å². The number of carbonyl (C=O) groups excluding carboxylic acids is 3. The SMILES string of the molecule is C1=COCCC1.CCOC(=O)/C=C/C(F)(F)F.CCOC(=O)C1=Cc2ccc(F)c(C)c2OC1C(F)(F)F.Cc1c(F)ccc(C=O)c1O.Cc1c(F)cccc1OC1CCCCO1.Cl.Fc1cccc(OC2CCCCO2)c1.Oc1cccc(F)c1. The highest BCUT2D eigenvalue weighted by molar-refractivity contribution is 5.96. The van der Waals surface area contributed by atoms with Gasteiger partial charge < -0.3 is 48.1 Å². The second-order valence-electron chi connectivity index (χ2n) is 18.3. The summed E-state index contributed by atoms with van der Waals surface area (Å²) in [5, 5.41) is 17.7. The molecule has 4 aliphatic heterocycles. The molecule has 5 aromatic carbocycles. The largest absolute Gasteiger partial charge is 0.508 e. The molecule has 3 atom stereocenters. The highest BCUT2D eigenvalue weighted by Crippen LogP contribution is 2.40. The summed E-state index contributed by atoms with van der Waals surface area (Å²) in [5.41, 5.74) is 0.284. The number of allylic oxidation sites excluding steroid dienone is 2. The maximum absolute atomic E-state index is 13.4. The minimum Gasteiger partial charge on any atom is -0.508 e. The van der Waals surface area contributed by atoms with Crippen molar-refractivity contribution in [1.29, 1.82) is 0 Å². The number of hydrogen-bond donors (Lipinski definition) is 2. The molecule has 13 nitrogen and oxygen atoms in total. The van der Waals surface area contributed by atoms with E-state index in [1.54, 1.807) is 37.5 Å². The van der Waals surface area contributed by atoms with Crippen LogP contribution in [-0.2, 0) is 33.3 Å². The molecule has 0 saturated carbocycles. The van der Waals surface area contributed by atoms with Crippen LogP contribution in [0.4, 0.5) is 48.3 Å². The Morgan fingerprint density at radius 1 is 0.667 bits per heavy atom. The molecule has 5 aromatic rings. The van der Waals surface area contributed by atoms with Gasteiger partial charge in [-0.2, -0.15) is 26.3 Å². The van der Waals surface area contributed by atoms with Crippen LogP contribution in [0, 0.1) is 49.9 Å². The second kappa shape index (κ2) is 39.1. The van der Waals surface area contributed by atoms with Gasteiger partial charge in [-0.25, -0.2) is 31.5 Å². The number of rotatable bonds is 9. The Balaban J connectivity index is 0.000000356. The Bertz CT molecular complexity index is 2970. The van der Waals surface area contributed by atoms with Crippen LogP contribution in [0.5, 0.6) is 28.7 Å². The van der Waals surface area contributed by atoms with Crippen molar-refractivity contribution in [3.63, 3.8) is 0 Å². The summed E-state index contributed by atoms with van der Waals surface area (Å²) in [7, 11) is 0. The van der Waals surface area contributed by atoms with E-state index < -0.39 is 53.4 Å². The lowest BCUT2D eigenvalue weighted by Gasteiger charge is -2.28. The number of phenolic OH excluding ortho intramolecular Hbond substituents is 2. The van der Waals surface area contributed by atoms with Crippen molar-refractivity contribution in [3.05, 3.63) is 178 Å². The molecule has 4 aliphatic rings. The summed E-state index contributed by atoms with van der Waals surface area (Å²) in [5.74, 6) is -3.60. The van der Waals surface area contributed by atoms with Gasteiger partial charge >= 0.3 is 24.3 Å². The molecule has 25 heteroatoms. The summed E-state index contributed by atoms with van der Waals surface area (Å²) in [6, 6.07) is 21.0. The van der Waals surface area contributed by atoms with Gasteiger partial charge in [-0.15, -0.1) is 12.4 Å². The standard InChI is InChI=1S/C14H12F4O3.C12H15FO2.C11H13FO2.C8H7FO2.C6H7F3O2.C6H5FO.C5H8O.ClH/c1-3-20-13(19)9-6-8-4-5-10(15)7(2)11(8)21-12(9)14(16,17)18;1-9-10(13)5-4-6-11(9)15-12-7-2-3-8-14-12;12-9-4-3-5-10(8-9)14-11-6-1-2-7-13-11;1-5-7(9)3-2-6(4-10)8(5)11;1-2-11-5(10)3-4-6(7,8)9;7-5-2-1-3-6(8)4-5;1-2-4-6-5-3-1;/h4-6,12H,3H2,1-2H3;4-6,12H,2-3,7-8H2,1H3;3-5,8,11H,1-2,6-7H2;2-4,11H,1H3;3-4H,2H2,1H3;1-4,8H;2,4H,1,3,5H2;1H/b;;;;4-3+;;;. The van der Waals surface area contributed by atoms with E-state index in [2.05, 4.69) is 9.47 Å². The third-order valence-corrected chi connectivity index (χ3v) is 11.7. The summed E-state index contributed by atoms with van der Waals surface area (Å²) < 4.78 is 178. The van der Waals surface area contributed by atoms with Gasteiger partial charge in [0.15, 0.2) is 18.9 Å². The Morgan fingerprint density at radius 2 is 1.25 bits per heavy atom. The number of aromatic hydroxyl groups is 2. The van der Waals surface area contributed by atoms with E-state index in [4.69, 9.17) is 38.6 Å². The molecule has 2 fully saturated rings. The molecule has 0 bridgehead atoms. The predicted molar refractivity (Wildman–Crippen MR) is 302 cm³/mol. The highest BCUT2D eigenvalue weighted by Gasteiger charge is 2.49. The van der Waals surface area contributed by atoms with E-state index in [9.17, 15) is 62.7 Å². The molecule has 2 N–H and O–H groups in total. The van der Waals surface area contributed by atoms with Crippen molar-refractivity contribution in [2.45, 2.75) is 117 Å². The van der Waals surface area contributed by atoms with E-state index in [-0.39, 0.29) is 95.4 Å². The lowest BCUT2D eigenvalue weighted by atomic mass is 9.99. The quantitative estimate of drug-likeness (QED) is 0.0620. The molecular weight excluding hydrogens is 1200 g/mol. The van der Waals surface area contributed by atoms with Crippen LogP contribution >= 0.6 is 12.4 Å². The minimum absolute atomic E-state index is 0. The second-order valence-corrected chi connectivity index (χ2v) is 18.3. The molecule has 0 amide bonds. The van der Waals surface area contributed by atoms with Crippen LogP contribution < -0.4 is 14.2 Å². The fourth-order valence-electron chi connectivity index (χ4n) is 7.27. The van der Waals surface area contributed by atoms with Crippen LogP contribution in [0.2, 0.25) is 0 Å². The van der Waals surface area contributed by atoms with Crippen molar-refractivity contribution in [2.24, 2.45) is 0 Å². The Morgan fingerprint density at radius 3 is 1.75 bits per heavy atom. The van der Waals surface area contributed by atoms with Crippen LogP contribution in [0.1, 0.15) is 97.8 Å². The normalized spacial score (nSPS) is 16.4. The topological polar surface area (TPSA) is 166 Å². The summed E-state index contributed by atoms with van der Waals surface area (Å²) in [6.07, 6.45) is 1.92. The van der Waals surface area contributed by atoms with Gasteiger partial charge in [-0.05, 0) is 146 Å². The number of halogens is 12. The number of benzene rings is 5. The zero-order valence-corrected chi connectivity index (χ0v) is 48.8. The van der Waals surface area contributed by atoms with E-state index in [1.807, 2.05) is 6.08 Å². The molecule has 87 heavy (non-hydrogen) atoms. The number of fused-ring (bicyclic) bond motifs is 1. The summed E-state index contributed by atoms with van der Waals surface area (Å²) >= 11 is 0. The van der Waals surface area contributed by atoms with E-state index >= 15 is 0 Å². The first kappa shape index (κ1) is 75.3. The van der Waals surface area contributed by atoms with Gasteiger partial charge in [0.2, 0.25) is 6.10 Å². The highest BCUT2D eigenvalue weighted by atomic mass is 35.5. The number of ether oxygens (including phenoxy) is 8. The van der Waals surface area contributed by atoms with Crippen molar-refractivity contribution in [2.75, 3.05) is 33.0 Å². The monoisotopic (exact) mass is 1260 g/mol. The van der Waals surface area contributed by atoms with E-state index in [1.165, 1.54) is 89.1 Å². The molecule has 0 radical (unpaired) electrons. The van der Waals surface area contributed by atoms with Gasteiger partial charge in [-0.3, -0.25) is 4.79 Å². The zero-order valence-electron chi connectivity index (χ0n) is 48.0. The molecule has 0 spiro atoms. The van der Waals surface area contributed by atoms with Crippen LogP contribution in [0.15, 0.2) is 121 Å². The van der Waals surface area contributed by atoms with Crippen molar-refractivity contribution in [3.8, 4) is 28.7 Å². The molecular formula is C62H68ClF11O13. The molecule has 0 aliphatic carbocycles. The average Bonchev–Trinajstić information content (AvgIpc) is 0.955. The first-order valence-corrected chi connectivity index (χ1v) is 26.8. The summed E-state index contributed by atoms with van der Waals surface area (Å²) in [4.78, 5) is 32.2. The van der Waals surface area contributed by atoms with Gasteiger partial charge in [0.05, 0.1) is 50.4 Å². The molecule has 2 saturated heterocycles. The first-order valence-electron chi connectivity index (χ1n) is 26.8. The predicted octanol–water partition coefficient (Wildman–Crippen LogP) is 15.8. The maximum Gasteiger partial charge on any atom is 0.430 e. The molecule has 4 heterocycles. The lowest BCUT2D eigenvalue weighted by Crippen LogP contribution is -2.41. The van der Waals surface area contributed by atoms with E-state index in [0.29, 0.717) is 29.4 Å². The average molecular weight is 1270 g/mol. The van der Waals surface area contributed by atoms with Crippen LogP contribution in [0.25, 0.3) is 6.08 Å². The van der Waals surface area contributed by atoms with Crippen molar-refractivity contribution < 1.29 is 111 Å². The summed E-state index contributed by atoms with van der Waals surface area (Å²) in [6.45, 7) is 9.83. The fraction of sp³-hybridized carbons (Fsp3) is 0.371. The number of hydrogen-bond acceptors (Lipinski definition) is 13. The molecule has 9 rings (SSSR count). The van der Waals surface area contributed by atoms with Crippen LogP contribution in [-0.4, -0.2) is 92.5 Å². The fourth-order valence-corrected chi connectivity index (χ4v) is 7.27. The molecule has 0 aromatic heterocycles. The maximum atomic E-state index is 13.4. The third kappa shape index (κ3) is 28.5. The van der Waals surface area contributed by atoms with Crippen molar-refractivity contribution in [1.82, 2.24) is 0 Å². The van der Waals surface area contributed by atoms with E-state index in [0.717, 1.165) is 82.6 Å². The minimum atomic E-state index is -4.81. The third-order valence-electron chi connectivity index (χ3n) is 11.7. The number of phenols is 2. The zero-order chi connectivity index (χ0) is 63.8. The lowest BCUT2D eigenvalue weighted by molar-refractivity contribution is -0.188. The number of aldehydes is 1. The van der Waals surface area contributed by atoms with Gasteiger partial charge in [-0.1, -0.05) is 18.2 Å². The first-order chi connectivity index (χ1) is 40.8. The number of alkyl halides is 6. The molecule has 3 unspecified atom stereocenters. The Kier molecular flexibility index (Phi) is 33.8. The smallest absolute Gasteiger partial charge is 0.430 e. The van der Waals surface area contributed by atoms with Gasteiger partial charge in [0.25, 0.3) is 0 Å². The van der Waals surface area contributed by atoms with Crippen LogP contribution in [0.3, 0.4) is 0 Å². The Hall–Kier alpha value is -7.83. The number of esters is 2. The Labute approximate surface area is 502 Å². The van der Waals surface area contributed by atoms with Gasteiger partial charge in [0, 0.05) is 59.4 Å². The molecule has 478 valence electrons.